The molecule has 3 saturated heterocycles. The van der Waals surface area contributed by atoms with Gasteiger partial charge in [0.1, 0.15) is 0 Å². The number of likely N-dealkylation sites (tertiary alicyclic amines) is 2. The first-order chi connectivity index (χ1) is 13.4. The highest BCUT2D eigenvalue weighted by Gasteiger charge is 2.46. The van der Waals surface area contributed by atoms with Crippen LogP contribution in [0, 0.1) is 10.8 Å². The molecule has 1 spiro atoms. The Morgan fingerprint density at radius 1 is 1.00 bits per heavy atom. The summed E-state index contributed by atoms with van der Waals surface area (Å²) >= 11 is 0. The number of rotatable bonds is 2. The molecule has 1 N–H and O–H groups in total. The van der Waals surface area contributed by atoms with Crippen LogP contribution < -0.4 is 5.32 Å². The predicted molar refractivity (Wildman–Crippen MR) is 106 cm³/mol. The van der Waals surface area contributed by atoms with Crippen LogP contribution >= 0.6 is 0 Å². The van der Waals surface area contributed by atoms with Gasteiger partial charge < -0.3 is 15.1 Å². The summed E-state index contributed by atoms with van der Waals surface area (Å²) in [6, 6.07) is 9.30. The molecule has 3 aliphatic heterocycles. The normalized spacial score (nSPS) is 27.0. The summed E-state index contributed by atoms with van der Waals surface area (Å²) in [5.74, 6) is 0.298. The molecule has 28 heavy (non-hydrogen) atoms. The summed E-state index contributed by atoms with van der Waals surface area (Å²) in [6.45, 7) is 5.33. The minimum absolute atomic E-state index is 0.00691. The number of carbonyl (C=O) groups excluding carboxylic acids is 3. The fourth-order valence-electron chi connectivity index (χ4n) is 5.02. The van der Waals surface area contributed by atoms with Crippen molar-refractivity contribution in [3.8, 4) is 0 Å². The summed E-state index contributed by atoms with van der Waals surface area (Å²) in [5, 5.41) is 2.94. The number of piperidine rings is 2. The summed E-state index contributed by atoms with van der Waals surface area (Å²) in [5.41, 5.74) is 0.186. The van der Waals surface area contributed by atoms with Gasteiger partial charge >= 0.3 is 0 Å². The van der Waals surface area contributed by atoms with Crippen LogP contribution in [0.1, 0.15) is 49.4 Å². The maximum atomic E-state index is 13.4. The lowest BCUT2D eigenvalue weighted by molar-refractivity contribution is -0.146. The number of benzene rings is 1. The van der Waals surface area contributed by atoms with Crippen LogP contribution in [0.3, 0.4) is 0 Å². The number of carbonyl (C=O) groups is 3. The van der Waals surface area contributed by atoms with Crippen LogP contribution in [0.15, 0.2) is 30.3 Å². The van der Waals surface area contributed by atoms with Crippen LogP contribution in [-0.4, -0.2) is 60.2 Å². The van der Waals surface area contributed by atoms with E-state index in [4.69, 9.17) is 0 Å². The van der Waals surface area contributed by atoms with E-state index in [9.17, 15) is 14.4 Å². The number of nitrogens with one attached hydrogen (secondary N) is 1. The maximum Gasteiger partial charge on any atom is 0.253 e. The zero-order valence-corrected chi connectivity index (χ0v) is 16.6. The van der Waals surface area contributed by atoms with E-state index in [-0.39, 0.29) is 23.1 Å². The van der Waals surface area contributed by atoms with E-state index in [0.717, 1.165) is 32.2 Å². The highest BCUT2D eigenvalue weighted by Crippen LogP contribution is 2.40. The zero-order chi connectivity index (χ0) is 19.8. The maximum absolute atomic E-state index is 13.4. The third-order valence-electron chi connectivity index (χ3n) is 6.83. The molecule has 1 aromatic rings. The van der Waals surface area contributed by atoms with E-state index in [1.807, 2.05) is 47.1 Å². The Bertz CT molecular complexity index is 770. The molecular formula is C22H29N3O3. The van der Waals surface area contributed by atoms with E-state index < -0.39 is 5.41 Å². The highest BCUT2D eigenvalue weighted by molar-refractivity contribution is 5.95. The Morgan fingerprint density at radius 3 is 2.36 bits per heavy atom. The minimum Gasteiger partial charge on any atom is -0.356 e. The van der Waals surface area contributed by atoms with Gasteiger partial charge in [0, 0.05) is 44.7 Å². The van der Waals surface area contributed by atoms with Gasteiger partial charge in [0.15, 0.2) is 0 Å². The van der Waals surface area contributed by atoms with Crippen molar-refractivity contribution >= 4 is 17.7 Å². The number of nitrogens with zero attached hydrogens (tertiary/aromatic N) is 2. The Kier molecular flexibility index (Phi) is 4.89. The highest BCUT2D eigenvalue weighted by atomic mass is 16.2. The molecule has 1 unspecified atom stereocenters. The molecule has 0 aliphatic carbocycles. The van der Waals surface area contributed by atoms with Gasteiger partial charge in [0.05, 0.1) is 5.41 Å². The Hall–Kier alpha value is -2.37. The number of hydrogen-bond donors (Lipinski definition) is 1. The number of hydrogen-bond acceptors (Lipinski definition) is 3. The molecule has 1 atom stereocenters. The quantitative estimate of drug-likeness (QED) is 0.850. The van der Waals surface area contributed by atoms with Gasteiger partial charge in [-0.15, -0.1) is 0 Å². The topological polar surface area (TPSA) is 69.7 Å². The first kappa shape index (κ1) is 19.0. The van der Waals surface area contributed by atoms with Crippen molar-refractivity contribution in [3.63, 3.8) is 0 Å². The fraction of sp³-hybridized carbons (Fsp3) is 0.591. The van der Waals surface area contributed by atoms with Gasteiger partial charge in [-0.2, -0.15) is 0 Å². The van der Waals surface area contributed by atoms with Gasteiger partial charge in [0.25, 0.3) is 5.91 Å². The van der Waals surface area contributed by atoms with Gasteiger partial charge in [0.2, 0.25) is 11.8 Å². The van der Waals surface area contributed by atoms with Gasteiger partial charge in [-0.3, -0.25) is 14.4 Å². The van der Waals surface area contributed by atoms with Crippen LogP contribution in [0.4, 0.5) is 0 Å². The predicted octanol–water partition coefficient (Wildman–Crippen LogP) is 2.06. The van der Waals surface area contributed by atoms with E-state index in [1.165, 1.54) is 0 Å². The van der Waals surface area contributed by atoms with Gasteiger partial charge in [-0.25, -0.2) is 0 Å². The molecule has 3 heterocycles. The summed E-state index contributed by atoms with van der Waals surface area (Å²) in [7, 11) is 0. The third kappa shape index (κ3) is 3.52. The number of amides is 3. The van der Waals surface area contributed by atoms with Gasteiger partial charge in [-0.1, -0.05) is 18.2 Å². The molecule has 3 amide bonds. The summed E-state index contributed by atoms with van der Waals surface area (Å²) in [6.07, 6.45) is 4.00. The molecule has 0 bridgehead atoms. The molecule has 3 aliphatic rings. The molecule has 6 heteroatoms. The lowest BCUT2D eigenvalue weighted by Gasteiger charge is -2.45. The van der Waals surface area contributed by atoms with Crippen molar-refractivity contribution in [1.29, 1.82) is 0 Å². The van der Waals surface area contributed by atoms with Crippen LogP contribution in [0.2, 0.25) is 0 Å². The van der Waals surface area contributed by atoms with Crippen molar-refractivity contribution in [2.75, 3.05) is 32.7 Å². The van der Waals surface area contributed by atoms with Crippen LogP contribution in [0.5, 0.6) is 0 Å². The fourth-order valence-corrected chi connectivity index (χ4v) is 5.02. The third-order valence-corrected chi connectivity index (χ3v) is 6.83. The lowest BCUT2D eigenvalue weighted by Crippen LogP contribution is -2.55. The van der Waals surface area contributed by atoms with Crippen molar-refractivity contribution < 1.29 is 14.4 Å². The van der Waals surface area contributed by atoms with Crippen LogP contribution in [-0.2, 0) is 9.59 Å². The molecule has 1 aromatic carbocycles. The van der Waals surface area contributed by atoms with Crippen molar-refractivity contribution in [2.45, 2.75) is 39.0 Å². The average Bonchev–Trinajstić information content (AvgIpc) is 3.08. The molecule has 6 nitrogen and oxygen atoms in total. The lowest BCUT2D eigenvalue weighted by atomic mass is 9.75. The van der Waals surface area contributed by atoms with Gasteiger partial charge in [-0.05, 0) is 50.2 Å². The molecule has 0 radical (unpaired) electrons. The Balaban J connectivity index is 1.41. The van der Waals surface area contributed by atoms with E-state index in [1.54, 1.807) is 0 Å². The summed E-state index contributed by atoms with van der Waals surface area (Å²) in [4.78, 5) is 41.6. The average molecular weight is 383 g/mol. The molecule has 150 valence electrons. The van der Waals surface area contributed by atoms with Crippen molar-refractivity contribution in [3.05, 3.63) is 35.9 Å². The first-order valence-corrected chi connectivity index (χ1v) is 10.3. The summed E-state index contributed by atoms with van der Waals surface area (Å²) < 4.78 is 0. The van der Waals surface area contributed by atoms with E-state index >= 15 is 0 Å². The molecule has 3 fully saturated rings. The molecule has 0 aromatic heterocycles. The Labute approximate surface area is 166 Å². The van der Waals surface area contributed by atoms with E-state index in [2.05, 4.69) is 5.32 Å². The monoisotopic (exact) mass is 383 g/mol. The molecule has 0 saturated carbocycles. The minimum atomic E-state index is -0.531. The zero-order valence-electron chi connectivity index (χ0n) is 16.6. The SMILES string of the molecule is CC1(C(=O)N2CCC3(CC2)CNC(=O)C3)CCCN(C(=O)c2ccccc2)C1. The Morgan fingerprint density at radius 2 is 1.71 bits per heavy atom. The van der Waals surface area contributed by atoms with E-state index in [0.29, 0.717) is 38.2 Å². The second-order valence-corrected chi connectivity index (χ2v) is 9.00. The van der Waals surface area contributed by atoms with Crippen molar-refractivity contribution in [2.24, 2.45) is 10.8 Å². The van der Waals surface area contributed by atoms with Crippen molar-refractivity contribution in [1.82, 2.24) is 15.1 Å². The second kappa shape index (κ2) is 7.22. The largest absolute Gasteiger partial charge is 0.356 e. The first-order valence-electron chi connectivity index (χ1n) is 10.3. The molecular weight excluding hydrogens is 354 g/mol. The second-order valence-electron chi connectivity index (χ2n) is 9.00. The molecule has 4 rings (SSSR count). The van der Waals surface area contributed by atoms with Crippen LogP contribution in [0.25, 0.3) is 0 Å². The smallest absolute Gasteiger partial charge is 0.253 e. The standard InChI is InChI=1S/C22H29N3O3/c1-21(8-5-11-25(16-21)19(27)17-6-3-2-4-7-17)20(28)24-12-9-22(10-13-24)14-18(26)23-15-22/h2-4,6-7H,5,8-16H2,1H3,(H,23,26).